The highest BCUT2D eigenvalue weighted by Gasteiger charge is 2.32. The van der Waals surface area contributed by atoms with Gasteiger partial charge >= 0.3 is 5.97 Å². The van der Waals surface area contributed by atoms with Gasteiger partial charge in [0.25, 0.3) is 0 Å². The molecule has 0 saturated heterocycles. The Morgan fingerprint density at radius 2 is 2.00 bits per heavy atom. The maximum atomic E-state index is 11.2. The van der Waals surface area contributed by atoms with Gasteiger partial charge in [0, 0.05) is 25.8 Å². The van der Waals surface area contributed by atoms with Gasteiger partial charge in [0.15, 0.2) is 0 Å². The number of rotatable bonds is 6. The van der Waals surface area contributed by atoms with Crippen LogP contribution >= 0.6 is 0 Å². The van der Waals surface area contributed by atoms with Gasteiger partial charge in [0.05, 0.1) is 5.92 Å². The molecule has 3 unspecified atom stereocenters. The SMILES string of the molecule is CC(NCC1CCCC1C(=O)O)c1ccc(N(C)C)cc1. The standard InChI is InChI=1S/C17H26N2O2/c1-12(13-7-9-15(10-8-13)19(2)3)18-11-14-5-4-6-16(14)17(20)21/h7-10,12,14,16,18H,4-6,11H2,1-3H3,(H,20,21). The third kappa shape index (κ3) is 3.97. The number of carbonyl (C=O) groups is 1. The van der Waals surface area contributed by atoms with Crippen molar-refractivity contribution in [1.82, 2.24) is 5.32 Å². The highest BCUT2D eigenvalue weighted by Crippen LogP contribution is 2.31. The molecule has 21 heavy (non-hydrogen) atoms. The summed E-state index contributed by atoms with van der Waals surface area (Å²) in [4.78, 5) is 13.3. The van der Waals surface area contributed by atoms with Crippen molar-refractivity contribution in [1.29, 1.82) is 0 Å². The maximum Gasteiger partial charge on any atom is 0.306 e. The van der Waals surface area contributed by atoms with Gasteiger partial charge in [-0.2, -0.15) is 0 Å². The van der Waals surface area contributed by atoms with Crippen LogP contribution in [-0.4, -0.2) is 31.7 Å². The summed E-state index contributed by atoms with van der Waals surface area (Å²) in [6.07, 6.45) is 2.89. The molecular formula is C17H26N2O2. The highest BCUT2D eigenvalue weighted by molar-refractivity contribution is 5.70. The lowest BCUT2D eigenvalue weighted by Gasteiger charge is -2.21. The van der Waals surface area contributed by atoms with Gasteiger partial charge in [0.2, 0.25) is 0 Å². The third-order valence-corrected chi connectivity index (χ3v) is 4.57. The largest absolute Gasteiger partial charge is 0.481 e. The Bertz CT molecular complexity index is 470. The molecule has 0 spiro atoms. The van der Waals surface area contributed by atoms with Crippen molar-refractivity contribution in [2.24, 2.45) is 11.8 Å². The Labute approximate surface area is 127 Å². The van der Waals surface area contributed by atoms with Crippen LogP contribution in [0.25, 0.3) is 0 Å². The van der Waals surface area contributed by atoms with E-state index in [1.807, 2.05) is 14.1 Å². The average molecular weight is 290 g/mol. The average Bonchev–Trinajstić information content (AvgIpc) is 2.93. The zero-order valence-electron chi connectivity index (χ0n) is 13.2. The Hall–Kier alpha value is -1.55. The van der Waals surface area contributed by atoms with Crippen LogP contribution in [0.2, 0.25) is 0 Å². The Kier molecular flexibility index (Phi) is 5.23. The molecule has 2 N–H and O–H groups in total. The van der Waals surface area contributed by atoms with Crippen LogP contribution in [0.15, 0.2) is 24.3 Å². The van der Waals surface area contributed by atoms with Gasteiger partial charge in [-0.1, -0.05) is 18.6 Å². The predicted octanol–water partition coefficient (Wildman–Crippen LogP) is 2.90. The van der Waals surface area contributed by atoms with Crippen molar-refractivity contribution in [3.63, 3.8) is 0 Å². The molecule has 1 fully saturated rings. The zero-order chi connectivity index (χ0) is 15.4. The van der Waals surface area contributed by atoms with E-state index in [-0.39, 0.29) is 17.9 Å². The van der Waals surface area contributed by atoms with Gasteiger partial charge < -0.3 is 15.3 Å². The van der Waals surface area contributed by atoms with Crippen molar-refractivity contribution in [2.45, 2.75) is 32.2 Å². The summed E-state index contributed by atoms with van der Waals surface area (Å²) in [6, 6.07) is 8.75. The minimum Gasteiger partial charge on any atom is -0.481 e. The minimum atomic E-state index is -0.637. The number of carboxylic acid groups (broad SMARTS) is 1. The van der Waals surface area contributed by atoms with E-state index in [2.05, 4.69) is 41.4 Å². The molecule has 3 atom stereocenters. The molecule has 0 radical (unpaired) electrons. The van der Waals surface area contributed by atoms with Gasteiger partial charge in [0.1, 0.15) is 0 Å². The number of benzene rings is 1. The van der Waals surface area contributed by atoms with Gasteiger partial charge in [-0.05, 0) is 49.9 Å². The van der Waals surface area contributed by atoms with Crippen molar-refractivity contribution < 1.29 is 9.90 Å². The van der Waals surface area contributed by atoms with Crippen LogP contribution in [0.5, 0.6) is 0 Å². The molecule has 1 aliphatic carbocycles. The molecule has 0 aliphatic heterocycles. The number of anilines is 1. The first-order valence-electron chi connectivity index (χ1n) is 7.72. The van der Waals surface area contributed by atoms with Crippen molar-refractivity contribution in [2.75, 3.05) is 25.5 Å². The van der Waals surface area contributed by atoms with Crippen LogP contribution in [-0.2, 0) is 4.79 Å². The topological polar surface area (TPSA) is 52.6 Å². The molecule has 1 aromatic rings. The van der Waals surface area contributed by atoms with Gasteiger partial charge in [-0.25, -0.2) is 0 Å². The lowest BCUT2D eigenvalue weighted by Crippen LogP contribution is -2.30. The second kappa shape index (κ2) is 6.94. The molecule has 2 rings (SSSR count). The normalized spacial score (nSPS) is 23.0. The Balaban J connectivity index is 1.89. The number of hydrogen-bond acceptors (Lipinski definition) is 3. The third-order valence-electron chi connectivity index (χ3n) is 4.57. The van der Waals surface area contributed by atoms with E-state index in [0.29, 0.717) is 0 Å². The van der Waals surface area contributed by atoms with Crippen LogP contribution in [0.4, 0.5) is 5.69 Å². The van der Waals surface area contributed by atoms with Crippen LogP contribution in [0.3, 0.4) is 0 Å². The van der Waals surface area contributed by atoms with Crippen molar-refractivity contribution >= 4 is 11.7 Å². The summed E-state index contributed by atoms with van der Waals surface area (Å²) >= 11 is 0. The summed E-state index contributed by atoms with van der Waals surface area (Å²) in [5.41, 5.74) is 2.43. The maximum absolute atomic E-state index is 11.2. The molecule has 4 nitrogen and oxygen atoms in total. The Morgan fingerprint density at radius 3 is 2.57 bits per heavy atom. The second-order valence-corrected chi connectivity index (χ2v) is 6.25. The van der Waals surface area contributed by atoms with E-state index in [1.165, 1.54) is 11.3 Å². The first-order chi connectivity index (χ1) is 9.99. The van der Waals surface area contributed by atoms with Crippen molar-refractivity contribution in [3.8, 4) is 0 Å². The fourth-order valence-electron chi connectivity index (χ4n) is 3.11. The monoisotopic (exact) mass is 290 g/mol. The van der Waals surface area contributed by atoms with Crippen LogP contribution < -0.4 is 10.2 Å². The van der Waals surface area contributed by atoms with E-state index >= 15 is 0 Å². The van der Waals surface area contributed by atoms with Crippen LogP contribution in [0, 0.1) is 11.8 Å². The molecule has 116 valence electrons. The quantitative estimate of drug-likeness (QED) is 0.846. The minimum absolute atomic E-state index is 0.166. The van der Waals surface area contributed by atoms with Crippen LogP contribution in [0.1, 0.15) is 37.8 Å². The fourth-order valence-corrected chi connectivity index (χ4v) is 3.11. The van der Waals surface area contributed by atoms with Gasteiger partial charge in [-0.3, -0.25) is 4.79 Å². The van der Waals surface area contributed by atoms with E-state index in [0.717, 1.165) is 25.8 Å². The lowest BCUT2D eigenvalue weighted by atomic mass is 9.95. The predicted molar refractivity (Wildman–Crippen MR) is 85.7 cm³/mol. The van der Waals surface area contributed by atoms with Gasteiger partial charge in [-0.15, -0.1) is 0 Å². The number of hydrogen-bond donors (Lipinski definition) is 2. The van der Waals surface area contributed by atoms with Crippen molar-refractivity contribution in [3.05, 3.63) is 29.8 Å². The molecule has 1 saturated carbocycles. The first-order valence-corrected chi connectivity index (χ1v) is 7.72. The van der Waals surface area contributed by atoms with E-state index in [9.17, 15) is 9.90 Å². The summed E-state index contributed by atoms with van der Waals surface area (Å²) < 4.78 is 0. The smallest absolute Gasteiger partial charge is 0.306 e. The molecule has 0 aromatic heterocycles. The first kappa shape index (κ1) is 15.8. The summed E-state index contributed by atoms with van der Waals surface area (Å²) in [7, 11) is 4.06. The summed E-state index contributed by atoms with van der Waals surface area (Å²) in [5, 5.41) is 12.7. The number of nitrogens with zero attached hydrogens (tertiary/aromatic N) is 1. The molecule has 0 bridgehead atoms. The number of aliphatic carboxylic acids is 1. The summed E-state index contributed by atoms with van der Waals surface area (Å²) in [6.45, 7) is 2.92. The molecule has 1 aliphatic rings. The fraction of sp³-hybridized carbons (Fsp3) is 0.588. The Morgan fingerprint density at radius 1 is 1.33 bits per heavy atom. The highest BCUT2D eigenvalue weighted by atomic mass is 16.4. The second-order valence-electron chi connectivity index (χ2n) is 6.25. The van der Waals surface area contributed by atoms with E-state index < -0.39 is 5.97 Å². The lowest BCUT2D eigenvalue weighted by molar-refractivity contribution is -0.142. The van der Waals surface area contributed by atoms with E-state index in [1.54, 1.807) is 0 Å². The number of carboxylic acids is 1. The molecule has 1 aromatic carbocycles. The molecule has 0 heterocycles. The summed E-state index contributed by atoms with van der Waals surface area (Å²) in [5.74, 6) is -0.533. The zero-order valence-corrected chi connectivity index (χ0v) is 13.2. The number of nitrogens with one attached hydrogen (secondary N) is 1. The molecule has 4 heteroatoms. The molecular weight excluding hydrogens is 264 g/mol. The molecule has 0 amide bonds. The van der Waals surface area contributed by atoms with E-state index in [4.69, 9.17) is 0 Å².